The molecule has 1 unspecified atom stereocenters. The number of benzene rings is 3. The lowest BCUT2D eigenvalue weighted by molar-refractivity contribution is -0.118. The highest BCUT2D eigenvalue weighted by atomic mass is 35.5. The second-order valence-electron chi connectivity index (χ2n) is 6.88. The summed E-state index contributed by atoms with van der Waals surface area (Å²) in [5, 5.41) is 26.5. The van der Waals surface area contributed by atoms with Gasteiger partial charge >= 0.3 is 0 Å². The Kier molecular flexibility index (Phi) is 6.10. The number of nitriles is 1. The largest absolute Gasteiger partial charge is 0.505 e. The molecule has 1 atom stereocenters. The number of aromatic hydroxyl groups is 1. The number of hydrogen-bond acceptors (Lipinski definition) is 5. The molecule has 2 N–H and O–H groups in total. The third kappa shape index (κ3) is 4.64. The first-order chi connectivity index (χ1) is 14.9. The number of carbonyl (C=O) groups excluding carboxylic acids is 1. The molecule has 3 aromatic carbocycles. The van der Waals surface area contributed by atoms with Crippen LogP contribution in [0.4, 0.5) is 5.13 Å². The van der Waals surface area contributed by atoms with E-state index in [-0.39, 0.29) is 22.2 Å². The number of rotatable bonds is 5. The minimum Gasteiger partial charge on any atom is -0.505 e. The number of hydrogen-bond donors (Lipinski definition) is 2. The Balaban J connectivity index is 1.49. The van der Waals surface area contributed by atoms with E-state index >= 15 is 0 Å². The first kappa shape index (κ1) is 21.1. The summed E-state index contributed by atoms with van der Waals surface area (Å²) in [6, 6.07) is 19.1. The van der Waals surface area contributed by atoms with Crippen molar-refractivity contribution in [1.29, 1.82) is 5.26 Å². The first-order valence-electron chi connectivity index (χ1n) is 9.26. The smallest absolute Gasteiger partial charge is 0.243 e. The molecule has 4 aromatic rings. The van der Waals surface area contributed by atoms with Crippen molar-refractivity contribution in [2.45, 2.75) is 6.42 Å². The van der Waals surface area contributed by atoms with Crippen molar-refractivity contribution in [2.75, 3.05) is 5.32 Å². The van der Waals surface area contributed by atoms with Crippen LogP contribution in [0.5, 0.6) is 5.75 Å². The number of aromatic nitrogens is 1. The van der Waals surface area contributed by atoms with Crippen LogP contribution in [0.1, 0.15) is 5.56 Å². The summed E-state index contributed by atoms with van der Waals surface area (Å²) >= 11 is 13.1. The first-order valence-corrected chi connectivity index (χ1v) is 10.9. The van der Waals surface area contributed by atoms with Gasteiger partial charge in [-0.1, -0.05) is 59.6 Å². The quantitative estimate of drug-likeness (QED) is 0.360. The average Bonchev–Trinajstić information content (AvgIpc) is 3.23. The van der Waals surface area contributed by atoms with E-state index in [0.29, 0.717) is 10.7 Å². The van der Waals surface area contributed by atoms with Gasteiger partial charge in [-0.15, -0.1) is 11.3 Å². The number of phenolic OH excluding ortho intramolecular Hbond substituents is 1. The van der Waals surface area contributed by atoms with Gasteiger partial charge in [0.05, 0.1) is 21.8 Å². The van der Waals surface area contributed by atoms with Crippen molar-refractivity contribution in [3.05, 3.63) is 75.6 Å². The zero-order chi connectivity index (χ0) is 22.0. The molecule has 5 nitrogen and oxygen atoms in total. The second kappa shape index (κ2) is 8.94. The predicted molar refractivity (Wildman–Crippen MR) is 125 cm³/mol. The molecule has 0 aliphatic rings. The molecular weight excluding hydrogens is 453 g/mol. The number of thiazole rings is 1. The van der Waals surface area contributed by atoms with Gasteiger partial charge in [0.15, 0.2) is 10.9 Å². The van der Waals surface area contributed by atoms with E-state index < -0.39 is 11.8 Å². The van der Waals surface area contributed by atoms with Gasteiger partial charge in [-0.25, -0.2) is 4.98 Å². The van der Waals surface area contributed by atoms with Gasteiger partial charge in [-0.3, -0.25) is 4.79 Å². The molecule has 0 saturated heterocycles. The summed E-state index contributed by atoms with van der Waals surface area (Å²) in [6.45, 7) is 0. The van der Waals surface area contributed by atoms with Crippen LogP contribution in [-0.2, 0) is 11.2 Å². The SMILES string of the molecule is N#CC(Cc1cc(Cl)c(O)c(Cl)c1)C(=O)Nc1nc(-c2ccc3ccccc3c2)cs1. The van der Waals surface area contributed by atoms with E-state index in [2.05, 4.69) is 10.3 Å². The Morgan fingerprint density at radius 3 is 2.55 bits per heavy atom. The number of nitrogens with one attached hydrogen (secondary N) is 1. The Labute approximate surface area is 192 Å². The van der Waals surface area contributed by atoms with Crippen LogP contribution in [0.3, 0.4) is 0 Å². The molecule has 8 heteroatoms. The summed E-state index contributed by atoms with van der Waals surface area (Å²) in [4.78, 5) is 17.1. The molecule has 4 rings (SSSR count). The number of carbonyl (C=O) groups is 1. The van der Waals surface area contributed by atoms with Crippen LogP contribution in [0.25, 0.3) is 22.0 Å². The molecule has 0 aliphatic carbocycles. The number of nitrogens with zero attached hydrogens (tertiary/aromatic N) is 2. The number of anilines is 1. The molecule has 0 aliphatic heterocycles. The van der Waals surface area contributed by atoms with Crippen LogP contribution in [0.2, 0.25) is 10.0 Å². The zero-order valence-electron chi connectivity index (χ0n) is 16.0. The van der Waals surface area contributed by atoms with Crippen molar-refractivity contribution in [2.24, 2.45) is 5.92 Å². The Hall–Kier alpha value is -3.11. The number of fused-ring (bicyclic) bond motifs is 1. The van der Waals surface area contributed by atoms with Gasteiger partial charge in [0.25, 0.3) is 0 Å². The molecule has 154 valence electrons. The maximum absolute atomic E-state index is 12.6. The van der Waals surface area contributed by atoms with E-state index in [1.54, 1.807) is 0 Å². The van der Waals surface area contributed by atoms with Crippen molar-refractivity contribution in [1.82, 2.24) is 4.98 Å². The molecule has 1 amide bonds. The van der Waals surface area contributed by atoms with Crippen molar-refractivity contribution >= 4 is 56.3 Å². The van der Waals surface area contributed by atoms with E-state index in [9.17, 15) is 15.2 Å². The average molecular weight is 468 g/mol. The lowest BCUT2D eigenvalue weighted by Crippen LogP contribution is -2.23. The molecule has 0 fully saturated rings. The molecule has 0 radical (unpaired) electrons. The Morgan fingerprint density at radius 2 is 1.84 bits per heavy atom. The number of amides is 1. The maximum Gasteiger partial charge on any atom is 0.243 e. The minimum absolute atomic E-state index is 0.0690. The van der Waals surface area contributed by atoms with Crippen LogP contribution >= 0.6 is 34.5 Å². The van der Waals surface area contributed by atoms with E-state index in [1.165, 1.54) is 23.5 Å². The summed E-state index contributed by atoms with van der Waals surface area (Å²) in [7, 11) is 0. The van der Waals surface area contributed by atoms with Gasteiger partial charge < -0.3 is 10.4 Å². The number of halogens is 2. The molecular formula is C23H15Cl2N3O2S. The monoisotopic (exact) mass is 467 g/mol. The molecule has 31 heavy (non-hydrogen) atoms. The van der Waals surface area contributed by atoms with E-state index in [1.807, 2.05) is 53.9 Å². The molecule has 1 aromatic heterocycles. The van der Waals surface area contributed by atoms with Gasteiger partial charge in [0.1, 0.15) is 5.92 Å². The van der Waals surface area contributed by atoms with Gasteiger partial charge in [-0.05, 0) is 41.0 Å². The van der Waals surface area contributed by atoms with Crippen LogP contribution in [0.15, 0.2) is 60.0 Å². The Bertz CT molecular complexity index is 1310. The normalized spacial score (nSPS) is 11.8. The van der Waals surface area contributed by atoms with Gasteiger partial charge in [0, 0.05) is 10.9 Å². The molecule has 0 bridgehead atoms. The molecule has 0 saturated carbocycles. The lowest BCUT2D eigenvalue weighted by Gasteiger charge is -2.10. The zero-order valence-corrected chi connectivity index (χ0v) is 18.3. The third-order valence-electron chi connectivity index (χ3n) is 4.77. The lowest BCUT2D eigenvalue weighted by atomic mass is 10.00. The predicted octanol–water partition coefficient (Wildman–Crippen LogP) is 6.30. The van der Waals surface area contributed by atoms with Crippen molar-refractivity contribution < 1.29 is 9.90 Å². The fourth-order valence-corrected chi connectivity index (χ4v) is 4.43. The standard InChI is InChI=1S/C23H15Cl2N3O2S/c24-18-8-13(9-19(25)21(18)29)7-17(11-26)22(30)28-23-27-20(12-31-23)16-6-5-14-3-1-2-4-15(14)10-16/h1-6,8-10,12,17,29H,7H2,(H,27,28,30). The fourth-order valence-electron chi connectivity index (χ4n) is 3.17. The highest BCUT2D eigenvalue weighted by Gasteiger charge is 2.21. The van der Waals surface area contributed by atoms with E-state index in [4.69, 9.17) is 23.2 Å². The van der Waals surface area contributed by atoms with Crippen molar-refractivity contribution in [3.63, 3.8) is 0 Å². The topological polar surface area (TPSA) is 86.0 Å². The molecule has 1 heterocycles. The highest BCUT2D eigenvalue weighted by molar-refractivity contribution is 7.14. The van der Waals surface area contributed by atoms with Crippen molar-refractivity contribution in [3.8, 4) is 23.1 Å². The van der Waals surface area contributed by atoms with Crippen LogP contribution in [-0.4, -0.2) is 16.0 Å². The summed E-state index contributed by atoms with van der Waals surface area (Å²) in [5.41, 5.74) is 2.27. The second-order valence-corrected chi connectivity index (χ2v) is 8.56. The minimum atomic E-state index is -0.968. The van der Waals surface area contributed by atoms with Crippen LogP contribution < -0.4 is 5.32 Å². The summed E-state index contributed by atoms with van der Waals surface area (Å²) < 4.78 is 0. The van der Waals surface area contributed by atoms with Crippen LogP contribution in [0, 0.1) is 17.2 Å². The number of phenols is 1. The maximum atomic E-state index is 12.6. The highest BCUT2D eigenvalue weighted by Crippen LogP contribution is 2.33. The summed E-state index contributed by atoms with van der Waals surface area (Å²) in [5.74, 6) is -1.67. The van der Waals surface area contributed by atoms with Gasteiger partial charge in [-0.2, -0.15) is 5.26 Å². The Morgan fingerprint density at radius 1 is 1.13 bits per heavy atom. The van der Waals surface area contributed by atoms with Gasteiger partial charge in [0.2, 0.25) is 5.91 Å². The fraction of sp³-hybridized carbons (Fsp3) is 0.0870. The third-order valence-corrected chi connectivity index (χ3v) is 6.10. The van der Waals surface area contributed by atoms with E-state index in [0.717, 1.165) is 22.0 Å². The molecule has 0 spiro atoms. The summed E-state index contributed by atoms with van der Waals surface area (Å²) in [6.07, 6.45) is 0.102.